The van der Waals surface area contributed by atoms with Crippen molar-refractivity contribution in [3.8, 4) is 17.6 Å². The third-order valence-electron chi connectivity index (χ3n) is 6.67. The van der Waals surface area contributed by atoms with Gasteiger partial charge >= 0.3 is 0 Å². The number of nitrogens with zero attached hydrogens (tertiary/aromatic N) is 2. The SMILES string of the molecule is Cc1cc(C#C[C@@H]2CCN(C3CC3)C2)cc(C(=O)NC(c2ccc(Cl)cc2)c2cc(F)ccc2O)n1. The Morgan fingerprint density at radius 3 is 2.69 bits per heavy atom. The molecule has 1 saturated heterocycles. The van der Waals surface area contributed by atoms with Gasteiger partial charge in [0.15, 0.2) is 0 Å². The molecule has 0 bridgehead atoms. The number of pyridine rings is 1. The predicted molar refractivity (Wildman–Crippen MR) is 137 cm³/mol. The Kier molecular flexibility index (Phi) is 6.95. The molecule has 2 heterocycles. The fourth-order valence-corrected chi connectivity index (χ4v) is 4.80. The minimum Gasteiger partial charge on any atom is -0.508 e. The molecule has 184 valence electrons. The number of aromatic hydroxyl groups is 1. The van der Waals surface area contributed by atoms with Crippen LogP contribution < -0.4 is 5.32 Å². The molecular weight excluding hydrogens is 477 g/mol. The predicted octanol–water partition coefficient (Wildman–Crippen LogP) is 5.24. The highest BCUT2D eigenvalue weighted by Gasteiger charge is 2.33. The van der Waals surface area contributed by atoms with E-state index >= 15 is 0 Å². The molecule has 2 atom stereocenters. The van der Waals surface area contributed by atoms with Gasteiger partial charge in [-0.15, -0.1) is 0 Å². The average Bonchev–Trinajstić information content (AvgIpc) is 3.60. The van der Waals surface area contributed by atoms with Crippen LogP contribution in [0.15, 0.2) is 54.6 Å². The molecule has 1 aromatic heterocycles. The third kappa shape index (κ3) is 5.70. The number of halogens is 2. The Morgan fingerprint density at radius 2 is 1.94 bits per heavy atom. The van der Waals surface area contributed by atoms with Crippen molar-refractivity contribution in [3.05, 3.63) is 93.5 Å². The summed E-state index contributed by atoms with van der Waals surface area (Å²) < 4.78 is 14.1. The van der Waals surface area contributed by atoms with E-state index in [1.807, 2.05) is 13.0 Å². The smallest absolute Gasteiger partial charge is 0.270 e. The molecule has 1 saturated carbocycles. The Bertz CT molecular complexity index is 1340. The van der Waals surface area contributed by atoms with E-state index in [9.17, 15) is 14.3 Å². The maximum atomic E-state index is 14.1. The average molecular weight is 504 g/mol. The lowest BCUT2D eigenvalue weighted by Gasteiger charge is -2.21. The number of benzene rings is 2. The molecule has 5 rings (SSSR count). The number of phenols is 1. The number of hydrogen-bond acceptors (Lipinski definition) is 4. The van der Waals surface area contributed by atoms with Gasteiger partial charge in [-0.2, -0.15) is 0 Å². The first-order valence-corrected chi connectivity index (χ1v) is 12.5. The van der Waals surface area contributed by atoms with E-state index in [4.69, 9.17) is 11.6 Å². The van der Waals surface area contributed by atoms with Gasteiger partial charge in [-0.1, -0.05) is 35.6 Å². The van der Waals surface area contributed by atoms with Crippen molar-refractivity contribution in [3.63, 3.8) is 0 Å². The monoisotopic (exact) mass is 503 g/mol. The van der Waals surface area contributed by atoms with Gasteiger partial charge in [0.1, 0.15) is 17.3 Å². The lowest BCUT2D eigenvalue weighted by atomic mass is 9.97. The number of rotatable bonds is 5. The van der Waals surface area contributed by atoms with Crippen molar-refractivity contribution in [1.29, 1.82) is 0 Å². The Morgan fingerprint density at radius 1 is 1.17 bits per heavy atom. The van der Waals surface area contributed by atoms with Crippen LogP contribution in [0.1, 0.15) is 58.2 Å². The Balaban J connectivity index is 1.39. The van der Waals surface area contributed by atoms with Gasteiger partial charge in [-0.3, -0.25) is 9.69 Å². The second-order valence-electron chi connectivity index (χ2n) is 9.52. The van der Waals surface area contributed by atoms with Crippen LogP contribution in [0.2, 0.25) is 5.02 Å². The van der Waals surface area contributed by atoms with Crippen molar-refractivity contribution in [2.24, 2.45) is 5.92 Å². The van der Waals surface area contributed by atoms with Gasteiger partial charge in [-0.25, -0.2) is 9.37 Å². The number of amides is 1. The highest BCUT2D eigenvalue weighted by Crippen LogP contribution is 2.32. The number of aryl methyl sites for hydroxylation is 1. The summed E-state index contributed by atoms with van der Waals surface area (Å²) in [7, 11) is 0. The number of phenolic OH excluding ortho intramolecular Hbond substituents is 1. The van der Waals surface area contributed by atoms with Crippen molar-refractivity contribution in [2.75, 3.05) is 13.1 Å². The lowest BCUT2D eigenvalue weighted by molar-refractivity contribution is 0.0937. The van der Waals surface area contributed by atoms with Gasteiger partial charge in [-0.05, 0) is 80.8 Å². The maximum absolute atomic E-state index is 14.1. The normalized spacial score (nSPS) is 18.4. The molecule has 7 heteroatoms. The van der Waals surface area contributed by atoms with Gasteiger partial charge in [0.05, 0.1) is 6.04 Å². The summed E-state index contributed by atoms with van der Waals surface area (Å²) in [5.41, 5.74) is 2.49. The summed E-state index contributed by atoms with van der Waals surface area (Å²) in [6.07, 6.45) is 3.67. The third-order valence-corrected chi connectivity index (χ3v) is 6.92. The minimum atomic E-state index is -0.811. The molecule has 2 aromatic carbocycles. The molecule has 1 unspecified atom stereocenters. The summed E-state index contributed by atoms with van der Waals surface area (Å²) in [4.78, 5) is 20.3. The van der Waals surface area contributed by atoms with E-state index in [1.165, 1.54) is 31.0 Å². The number of likely N-dealkylation sites (tertiary alicyclic amines) is 1. The van der Waals surface area contributed by atoms with Crippen molar-refractivity contribution >= 4 is 17.5 Å². The van der Waals surface area contributed by atoms with Crippen LogP contribution in [0.3, 0.4) is 0 Å². The first-order chi connectivity index (χ1) is 17.4. The molecule has 2 N–H and O–H groups in total. The first kappa shape index (κ1) is 24.3. The highest BCUT2D eigenvalue weighted by molar-refractivity contribution is 6.30. The molecule has 1 aliphatic carbocycles. The quantitative estimate of drug-likeness (QED) is 0.467. The topological polar surface area (TPSA) is 65.5 Å². The van der Waals surface area contributed by atoms with Crippen LogP contribution in [-0.2, 0) is 0 Å². The van der Waals surface area contributed by atoms with Crippen molar-refractivity contribution in [2.45, 2.75) is 38.3 Å². The number of carbonyl (C=O) groups is 1. The van der Waals surface area contributed by atoms with Gasteiger partial charge in [0, 0.05) is 40.3 Å². The zero-order valence-electron chi connectivity index (χ0n) is 20.0. The second-order valence-corrected chi connectivity index (χ2v) is 9.96. The molecule has 36 heavy (non-hydrogen) atoms. The first-order valence-electron chi connectivity index (χ1n) is 12.1. The highest BCUT2D eigenvalue weighted by atomic mass is 35.5. The fourth-order valence-electron chi connectivity index (χ4n) is 4.68. The van der Waals surface area contributed by atoms with E-state index in [1.54, 1.807) is 30.3 Å². The molecule has 5 nitrogen and oxygen atoms in total. The van der Waals surface area contributed by atoms with Gasteiger partial charge in [0.2, 0.25) is 0 Å². The molecule has 3 aromatic rings. The summed E-state index contributed by atoms with van der Waals surface area (Å²) in [5, 5.41) is 13.9. The van der Waals surface area contributed by atoms with Gasteiger partial charge in [0.25, 0.3) is 5.91 Å². The summed E-state index contributed by atoms with van der Waals surface area (Å²) in [6.45, 7) is 3.93. The summed E-state index contributed by atoms with van der Waals surface area (Å²) in [5.74, 6) is 5.85. The zero-order valence-corrected chi connectivity index (χ0v) is 20.7. The zero-order chi connectivity index (χ0) is 25.2. The number of hydrogen-bond donors (Lipinski definition) is 2. The summed E-state index contributed by atoms with van der Waals surface area (Å²) >= 11 is 6.04. The molecule has 0 radical (unpaired) electrons. The van der Waals surface area contributed by atoms with Crippen LogP contribution in [0.5, 0.6) is 5.75 Å². The molecule has 0 spiro atoms. The standard InChI is InChI=1S/C29H27ClFN3O2/c1-18-14-20(3-2-19-12-13-34(17-19)24-9-10-24)15-26(32-18)29(36)33-28(21-4-6-22(30)7-5-21)25-16-23(31)8-11-27(25)35/h4-8,11,14-16,19,24,28,35H,9-10,12-13,17H2,1H3,(H,33,36)/t19-,28?/m1/s1. The van der Waals surface area contributed by atoms with Crippen molar-refractivity contribution < 1.29 is 14.3 Å². The minimum absolute atomic E-state index is 0.128. The van der Waals surface area contributed by atoms with E-state index in [0.717, 1.165) is 31.1 Å². The van der Waals surface area contributed by atoms with Crippen LogP contribution in [0.25, 0.3) is 0 Å². The van der Waals surface area contributed by atoms with E-state index < -0.39 is 17.8 Å². The second kappa shape index (κ2) is 10.3. The Hall–Kier alpha value is -3.40. The fraction of sp³-hybridized carbons (Fsp3) is 0.310. The van der Waals surface area contributed by atoms with Crippen LogP contribution in [0.4, 0.5) is 4.39 Å². The van der Waals surface area contributed by atoms with E-state index in [-0.39, 0.29) is 17.0 Å². The molecular formula is C29H27ClFN3O2. The van der Waals surface area contributed by atoms with Crippen LogP contribution >= 0.6 is 11.6 Å². The van der Waals surface area contributed by atoms with Gasteiger partial charge < -0.3 is 10.4 Å². The number of aromatic nitrogens is 1. The molecule has 2 aliphatic rings. The molecule has 1 amide bonds. The van der Waals surface area contributed by atoms with E-state index in [0.29, 0.717) is 22.2 Å². The molecule has 1 aliphatic heterocycles. The molecule has 2 fully saturated rings. The largest absolute Gasteiger partial charge is 0.508 e. The maximum Gasteiger partial charge on any atom is 0.270 e. The van der Waals surface area contributed by atoms with Crippen LogP contribution in [0, 0.1) is 30.5 Å². The van der Waals surface area contributed by atoms with Crippen LogP contribution in [-0.4, -0.2) is 40.0 Å². The number of carbonyl (C=O) groups excluding carboxylic acids is 1. The number of nitrogens with one attached hydrogen (secondary N) is 1. The van der Waals surface area contributed by atoms with E-state index in [2.05, 4.69) is 27.0 Å². The summed E-state index contributed by atoms with van der Waals surface area (Å²) in [6, 6.07) is 13.9. The Labute approximate surface area is 215 Å². The van der Waals surface area contributed by atoms with Crippen molar-refractivity contribution in [1.82, 2.24) is 15.2 Å². The lowest BCUT2D eigenvalue weighted by Crippen LogP contribution is -2.30.